The van der Waals surface area contributed by atoms with E-state index in [0.29, 0.717) is 0 Å². The third-order valence-electron chi connectivity index (χ3n) is 6.29. The van der Waals surface area contributed by atoms with Crippen LogP contribution in [0, 0.1) is 6.92 Å². The molecule has 0 unspecified atom stereocenters. The van der Waals surface area contributed by atoms with Crippen LogP contribution in [-0.4, -0.2) is 74.1 Å². The summed E-state index contributed by atoms with van der Waals surface area (Å²) < 4.78 is 72.3. The molecule has 11 nitrogen and oxygen atoms in total. The van der Waals surface area contributed by atoms with Crippen LogP contribution in [-0.2, 0) is 29.6 Å². The quantitative estimate of drug-likeness (QED) is 0.382. The van der Waals surface area contributed by atoms with Crippen molar-refractivity contribution >= 4 is 37.3 Å². The van der Waals surface area contributed by atoms with E-state index in [1.807, 2.05) is 6.92 Å². The van der Waals surface area contributed by atoms with Crippen LogP contribution in [0.2, 0.25) is 0 Å². The van der Waals surface area contributed by atoms with E-state index in [2.05, 4.69) is 5.32 Å². The molecule has 1 aliphatic rings. The fraction of sp³-hybridized carbons (Fsp3) is 0.296. The Kier molecular flexibility index (Phi) is 8.98. The number of nitrogens with zero attached hydrogens (tertiary/aromatic N) is 2. The Hall–Kier alpha value is -3.65. The first-order chi connectivity index (χ1) is 19.1. The van der Waals surface area contributed by atoms with Gasteiger partial charge in [0.1, 0.15) is 22.9 Å². The fourth-order valence-corrected chi connectivity index (χ4v) is 7.21. The number of para-hydroxylation sites is 2. The molecule has 1 aliphatic heterocycles. The van der Waals surface area contributed by atoms with Gasteiger partial charge in [-0.05, 0) is 49.4 Å². The van der Waals surface area contributed by atoms with Crippen molar-refractivity contribution in [1.29, 1.82) is 0 Å². The van der Waals surface area contributed by atoms with Crippen LogP contribution < -0.4 is 19.1 Å². The van der Waals surface area contributed by atoms with Crippen LogP contribution in [0.25, 0.3) is 0 Å². The Labute approximate surface area is 234 Å². The maximum Gasteiger partial charge on any atom is 0.264 e. The van der Waals surface area contributed by atoms with Gasteiger partial charge in [-0.3, -0.25) is 9.10 Å². The summed E-state index contributed by atoms with van der Waals surface area (Å²) in [4.78, 5) is 13.2. The van der Waals surface area contributed by atoms with Crippen molar-refractivity contribution in [1.82, 2.24) is 4.31 Å². The van der Waals surface area contributed by atoms with Crippen molar-refractivity contribution in [3.63, 3.8) is 0 Å². The van der Waals surface area contributed by atoms with Gasteiger partial charge in [0.25, 0.3) is 10.0 Å². The minimum absolute atomic E-state index is 0.000134. The molecule has 3 aromatic rings. The number of ether oxygens (including phenoxy) is 3. The van der Waals surface area contributed by atoms with Crippen molar-refractivity contribution in [3.8, 4) is 11.5 Å². The second-order valence-electron chi connectivity index (χ2n) is 8.93. The first-order valence-corrected chi connectivity index (χ1v) is 15.2. The Morgan fingerprint density at radius 2 is 1.57 bits per heavy atom. The van der Waals surface area contributed by atoms with Crippen molar-refractivity contribution in [2.45, 2.75) is 16.7 Å². The van der Waals surface area contributed by atoms with Crippen LogP contribution in [0.4, 0.5) is 11.4 Å². The molecule has 0 spiro atoms. The Morgan fingerprint density at radius 3 is 2.23 bits per heavy atom. The highest BCUT2D eigenvalue weighted by Gasteiger charge is 2.31. The number of nitrogens with one attached hydrogen (secondary N) is 1. The van der Waals surface area contributed by atoms with E-state index in [9.17, 15) is 21.6 Å². The predicted octanol–water partition coefficient (Wildman–Crippen LogP) is 2.87. The highest BCUT2D eigenvalue weighted by Crippen LogP contribution is 2.33. The summed E-state index contributed by atoms with van der Waals surface area (Å²) in [6, 6.07) is 16.9. The zero-order chi connectivity index (χ0) is 28.9. The molecule has 4 rings (SSSR count). The van der Waals surface area contributed by atoms with Crippen LogP contribution in [0.1, 0.15) is 5.56 Å². The number of benzene rings is 3. The van der Waals surface area contributed by atoms with Gasteiger partial charge in [0.15, 0.2) is 0 Å². The standard InChI is InChI=1S/C27H31N3O8S2/c1-20-8-11-22(12-9-20)39(32,33)30(23-6-4-5-7-24(23)36-2)19-27(31)28-21-10-13-25(37-3)26(18-21)40(34,35)29-14-16-38-17-15-29/h4-13,18H,14-17,19H2,1-3H3,(H,28,31). The van der Waals surface area contributed by atoms with Crippen molar-refractivity contribution < 1.29 is 35.8 Å². The largest absolute Gasteiger partial charge is 0.495 e. The minimum atomic E-state index is -4.19. The van der Waals surface area contributed by atoms with Gasteiger partial charge in [0, 0.05) is 18.8 Å². The first kappa shape index (κ1) is 29.3. The Bertz CT molecular complexity index is 1570. The molecule has 0 atom stereocenters. The normalized spacial score (nSPS) is 14.4. The summed E-state index contributed by atoms with van der Waals surface area (Å²) in [5, 5.41) is 2.63. The summed E-state index contributed by atoms with van der Waals surface area (Å²) >= 11 is 0. The molecule has 0 aliphatic carbocycles. The third-order valence-corrected chi connectivity index (χ3v) is 9.98. The molecule has 1 saturated heterocycles. The first-order valence-electron chi connectivity index (χ1n) is 12.4. The van der Waals surface area contributed by atoms with E-state index >= 15 is 0 Å². The monoisotopic (exact) mass is 589 g/mol. The van der Waals surface area contributed by atoms with Crippen molar-refractivity contribution in [2.75, 3.05) is 56.7 Å². The third kappa shape index (κ3) is 6.22. The summed E-state index contributed by atoms with van der Waals surface area (Å²) in [6.45, 7) is 2.15. The number of carbonyl (C=O) groups is 1. The molecule has 3 aromatic carbocycles. The molecular weight excluding hydrogens is 558 g/mol. The van der Waals surface area contributed by atoms with Crippen LogP contribution in [0.15, 0.2) is 76.5 Å². The second-order valence-corrected chi connectivity index (χ2v) is 12.7. The fourth-order valence-electron chi connectivity index (χ4n) is 4.19. The van der Waals surface area contributed by atoms with Gasteiger partial charge in [-0.1, -0.05) is 29.8 Å². The zero-order valence-electron chi connectivity index (χ0n) is 22.4. The van der Waals surface area contributed by atoms with E-state index in [1.54, 1.807) is 30.3 Å². The molecule has 0 bridgehead atoms. The SMILES string of the molecule is COc1ccccc1N(CC(=O)Nc1ccc(OC)c(S(=O)(=O)N2CCOCC2)c1)S(=O)(=O)c1ccc(C)cc1. The van der Waals surface area contributed by atoms with Gasteiger partial charge < -0.3 is 19.5 Å². The van der Waals surface area contributed by atoms with Gasteiger partial charge >= 0.3 is 0 Å². The lowest BCUT2D eigenvalue weighted by Gasteiger charge is -2.27. The van der Waals surface area contributed by atoms with E-state index in [4.69, 9.17) is 14.2 Å². The van der Waals surface area contributed by atoms with Gasteiger partial charge in [-0.25, -0.2) is 16.8 Å². The predicted molar refractivity (Wildman–Crippen MR) is 150 cm³/mol. The van der Waals surface area contributed by atoms with E-state index in [-0.39, 0.29) is 59.0 Å². The lowest BCUT2D eigenvalue weighted by Crippen LogP contribution is -2.40. The molecule has 13 heteroatoms. The molecule has 214 valence electrons. The van der Waals surface area contributed by atoms with Crippen LogP contribution >= 0.6 is 0 Å². The summed E-state index contributed by atoms with van der Waals surface area (Å²) in [5.41, 5.74) is 1.21. The van der Waals surface area contributed by atoms with Gasteiger partial charge in [-0.2, -0.15) is 4.31 Å². The number of methoxy groups -OCH3 is 2. The van der Waals surface area contributed by atoms with Crippen LogP contribution in [0.3, 0.4) is 0 Å². The number of amides is 1. The molecular formula is C27H31N3O8S2. The number of hydrogen-bond acceptors (Lipinski definition) is 8. The lowest BCUT2D eigenvalue weighted by molar-refractivity contribution is -0.114. The molecule has 40 heavy (non-hydrogen) atoms. The van der Waals surface area contributed by atoms with Crippen molar-refractivity contribution in [2.24, 2.45) is 0 Å². The molecule has 1 N–H and O–H groups in total. The van der Waals surface area contributed by atoms with Crippen LogP contribution in [0.5, 0.6) is 11.5 Å². The highest BCUT2D eigenvalue weighted by molar-refractivity contribution is 7.93. The summed E-state index contributed by atoms with van der Waals surface area (Å²) in [7, 11) is -5.38. The summed E-state index contributed by atoms with van der Waals surface area (Å²) in [5.74, 6) is -0.321. The number of hydrogen-bond donors (Lipinski definition) is 1. The maximum absolute atomic E-state index is 13.7. The summed E-state index contributed by atoms with van der Waals surface area (Å²) in [6.07, 6.45) is 0. The lowest BCUT2D eigenvalue weighted by atomic mass is 10.2. The molecule has 1 amide bonds. The second kappa shape index (κ2) is 12.3. The zero-order valence-corrected chi connectivity index (χ0v) is 24.0. The van der Waals surface area contributed by atoms with Gasteiger partial charge in [0.2, 0.25) is 15.9 Å². The molecule has 0 saturated carbocycles. The highest BCUT2D eigenvalue weighted by atomic mass is 32.2. The average molecular weight is 590 g/mol. The maximum atomic E-state index is 13.7. The van der Waals surface area contributed by atoms with E-state index in [0.717, 1.165) is 9.87 Å². The number of morpholine rings is 1. The number of rotatable bonds is 10. The van der Waals surface area contributed by atoms with E-state index < -0.39 is 32.5 Å². The average Bonchev–Trinajstić information content (AvgIpc) is 2.96. The number of carbonyl (C=O) groups excluding carboxylic acids is 1. The molecule has 0 aromatic heterocycles. The Balaban J connectivity index is 1.66. The molecule has 0 radical (unpaired) electrons. The number of anilines is 2. The minimum Gasteiger partial charge on any atom is -0.495 e. The van der Waals surface area contributed by atoms with Gasteiger partial charge in [-0.15, -0.1) is 0 Å². The Morgan fingerprint density at radius 1 is 0.925 bits per heavy atom. The van der Waals surface area contributed by atoms with Crippen molar-refractivity contribution in [3.05, 3.63) is 72.3 Å². The molecule has 1 heterocycles. The molecule has 1 fully saturated rings. The number of aryl methyl sites for hydroxylation is 1. The smallest absolute Gasteiger partial charge is 0.264 e. The number of sulfonamides is 2. The van der Waals surface area contributed by atoms with E-state index in [1.165, 1.54) is 54.9 Å². The topological polar surface area (TPSA) is 132 Å². The van der Waals surface area contributed by atoms with Gasteiger partial charge in [0.05, 0.1) is 38.0 Å².